The Balaban J connectivity index is 1.52. The summed E-state index contributed by atoms with van der Waals surface area (Å²) >= 11 is 0. The van der Waals surface area contributed by atoms with Gasteiger partial charge in [0.1, 0.15) is 11.9 Å². The van der Waals surface area contributed by atoms with E-state index in [-0.39, 0.29) is 23.6 Å². The SMILES string of the molecule is CCCCCCCCCCCCOC(=O)c1cnccc1C(=O)Nc1ccn([C@@H]2O[C@H](CO)[C@@H](O)C2(F)F)c(=O)n1. The number of ether oxygens (including phenoxy) is 2. The van der Waals surface area contributed by atoms with Crippen LogP contribution in [0, 0.1) is 0 Å². The summed E-state index contributed by atoms with van der Waals surface area (Å²) in [6, 6.07) is 2.39. The predicted octanol–water partition coefficient (Wildman–Crippen LogP) is 3.85. The summed E-state index contributed by atoms with van der Waals surface area (Å²) in [6.45, 7) is 1.52. The maximum atomic E-state index is 14.4. The van der Waals surface area contributed by atoms with Crippen LogP contribution in [0.2, 0.25) is 0 Å². The van der Waals surface area contributed by atoms with E-state index in [0.717, 1.165) is 31.5 Å². The second kappa shape index (κ2) is 15.6. The van der Waals surface area contributed by atoms with E-state index in [4.69, 9.17) is 14.6 Å². The number of hydrogen-bond donors (Lipinski definition) is 3. The van der Waals surface area contributed by atoms with Crippen molar-refractivity contribution in [1.82, 2.24) is 14.5 Å². The number of aliphatic hydroxyl groups is 2. The lowest BCUT2D eigenvalue weighted by Crippen LogP contribution is -2.41. The summed E-state index contributed by atoms with van der Waals surface area (Å²) in [5, 5.41) is 21.2. The molecule has 0 unspecified atom stereocenters. The molecule has 3 atom stereocenters. The molecule has 41 heavy (non-hydrogen) atoms. The van der Waals surface area contributed by atoms with Crippen molar-refractivity contribution in [3.63, 3.8) is 0 Å². The highest BCUT2D eigenvalue weighted by Gasteiger charge is 2.59. The molecule has 1 aliphatic heterocycles. The van der Waals surface area contributed by atoms with Crippen molar-refractivity contribution in [3.8, 4) is 0 Å². The van der Waals surface area contributed by atoms with Gasteiger partial charge in [0, 0.05) is 18.6 Å². The molecule has 3 N–H and O–H groups in total. The molecule has 13 heteroatoms. The Morgan fingerprint density at radius 2 is 1.73 bits per heavy atom. The molecule has 1 amide bonds. The van der Waals surface area contributed by atoms with Gasteiger partial charge in [0.25, 0.3) is 5.91 Å². The first-order chi connectivity index (χ1) is 19.7. The third kappa shape index (κ3) is 8.60. The van der Waals surface area contributed by atoms with Gasteiger partial charge >= 0.3 is 17.6 Å². The average Bonchev–Trinajstić information content (AvgIpc) is 3.19. The number of rotatable bonds is 16. The van der Waals surface area contributed by atoms with Gasteiger partial charge in [0.2, 0.25) is 6.23 Å². The molecular formula is C28H38F2N4O7. The van der Waals surface area contributed by atoms with Gasteiger partial charge < -0.3 is 25.0 Å². The maximum absolute atomic E-state index is 14.4. The topological polar surface area (TPSA) is 153 Å². The van der Waals surface area contributed by atoms with Crippen molar-refractivity contribution in [2.75, 3.05) is 18.5 Å². The van der Waals surface area contributed by atoms with Crippen molar-refractivity contribution in [3.05, 3.63) is 52.3 Å². The van der Waals surface area contributed by atoms with Crippen LogP contribution in [0.15, 0.2) is 35.5 Å². The predicted molar refractivity (Wildman–Crippen MR) is 145 cm³/mol. The highest BCUT2D eigenvalue weighted by Crippen LogP contribution is 2.42. The number of aromatic nitrogens is 3. The molecule has 1 fully saturated rings. The van der Waals surface area contributed by atoms with Crippen LogP contribution in [0.4, 0.5) is 14.6 Å². The minimum atomic E-state index is -3.87. The van der Waals surface area contributed by atoms with Crippen LogP contribution in [0.5, 0.6) is 0 Å². The second-order valence-corrected chi connectivity index (χ2v) is 10.0. The number of unbranched alkanes of at least 4 members (excludes halogenated alkanes) is 9. The number of aliphatic hydroxyl groups excluding tert-OH is 2. The Labute approximate surface area is 236 Å². The molecular weight excluding hydrogens is 542 g/mol. The standard InChI is InChI=1S/C28H38F2N4O7/c1-2-3-4-5-6-7-8-9-10-11-16-40-25(38)20-17-31-14-12-19(20)24(37)32-22-13-15-34(27(39)33-22)26-28(29,30)23(36)21(18-35)41-26/h12-15,17,21,23,26,35-36H,2-11,16,18H2,1H3,(H,32,33,37,39)/t21-,23-,26-/m1/s1. The Morgan fingerprint density at radius 3 is 2.34 bits per heavy atom. The molecule has 2 aromatic heterocycles. The first-order valence-electron chi connectivity index (χ1n) is 14.0. The van der Waals surface area contributed by atoms with Gasteiger partial charge in [0.05, 0.1) is 24.3 Å². The third-order valence-corrected chi connectivity index (χ3v) is 6.90. The molecule has 3 heterocycles. The van der Waals surface area contributed by atoms with Crippen LogP contribution >= 0.6 is 0 Å². The number of amides is 1. The van der Waals surface area contributed by atoms with E-state index in [1.54, 1.807) is 0 Å². The van der Waals surface area contributed by atoms with E-state index in [1.165, 1.54) is 57.0 Å². The minimum Gasteiger partial charge on any atom is -0.462 e. The molecule has 0 bridgehead atoms. The van der Waals surface area contributed by atoms with E-state index in [1.807, 2.05) is 0 Å². The zero-order valence-corrected chi connectivity index (χ0v) is 23.1. The van der Waals surface area contributed by atoms with Crippen molar-refractivity contribution in [2.24, 2.45) is 0 Å². The van der Waals surface area contributed by atoms with E-state index in [2.05, 4.69) is 22.2 Å². The number of esters is 1. The molecule has 1 saturated heterocycles. The summed E-state index contributed by atoms with van der Waals surface area (Å²) in [6.07, 6.45) is 8.69. The molecule has 11 nitrogen and oxygen atoms in total. The van der Waals surface area contributed by atoms with Gasteiger partial charge in [-0.25, -0.2) is 9.59 Å². The summed E-state index contributed by atoms with van der Waals surface area (Å²) < 4.78 is 39.5. The molecule has 0 saturated carbocycles. The quantitative estimate of drug-likeness (QED) is 0.198. The number of hydrogen-bond acceptors (Lipinski definition) is 9. The number of pyridine rings is 1. The number of nitrogens with one attached hydrogen (secondary N) is 1. The minimum absolute atomic E-state index is 0.0707. The van der Waals surface area contributed by atoms with E-state index in [0.29, 0.717) is 11.0 Å². The van der Waals surface area contributed by atoms with Crippen molar-refractivity contribution < 1.29 is 38.1 Å². The Hall–Kier alpha value is -3.29. The molecule has 226 valence electrons. The van der Waals surface area contributed by atoms with Crippen molar-refractivity contribution >= 4 is 17.7 Å². The van der Waals surface area contributed by atoms with Gasteiger partial charge in [-0.3, -0.25) is 14.3 Å². The Kier molecular flexibility index (Phi) is 12.3. The fourth-order valence-electron chi connectivity index (χ4n) is 4.55. The van der Waals surface area contributed by atoms with Gasteiger partial charge in [-0.2, -0.15) is 13.8 Å². The van der Waals surface area contributed by atoms with Crippen LogP contribution in [0.1, 0.15) is 98.1 Å². The molecule has 0 aromatic carbocycles. The first kappa shape index (κ1) is 32.2. The number of alkyl halides is 2. The number of nitrogens with zero attached hydrogens (tertiary/aromatic N) is 3. The lowest BCUT2D eigenvalue weighted by molar-refractivity contribution is -0.140. The summed E-state index contributed by atoms with van der Waals surface area (Å²) in [4.78, 5) is 45.4. The highest BCUT2D eigenvalue weighted by atomic mass is 19.3. The van der Waals surface area contributed by atoms with Crippen LogP contribution in [-0.2, 0) is 9.47 Å². The summed E-state index contributed by atoms with van der Waals surface area (Å²) in [7, 11) is 0. The summed E-state index contributed by atoms with van der Waals surface area (Å²) in [5.41, 5.74) is -1.34. The highest BCUT2D eigenvalue weighted by molar-refractivity contribution is 6.10. The molecule has 2 aromatic rings. The van der Waals surface area contributed by atoms with Crippen molar-refractivity contribution in [1.29, 1.82) is 0 Å². The monoisotopic (exact) mass is 580 g/mol. The normalized spacial score (nSPS) is 19.7. The lowest BCUT2D eigenvalue weighted by Gasteiger charge is -2.21. The molecule has 3 rings (SSSR count). The number of carbonyl (C=O) groups excluding carboxylic acids is 2. The van der Waals surface area contributed by atoms with Crippen LogP contribution in [0.3, 0.4) is 0 Å². The van der Waals surface area contributed by atoms with Crippen LogP contribution in [0.25, 0.3) is 0 Å². The van der Waals surface area contributed by atoms with E-state index in [9.17, 15) is 28.3 Å². The fraction of sp³-hybridized carbons (Fsp3) is 0.607. The number of carbonyl (C=O) groups is 2. The number of anilines is 1. The smallest absolute Gasteiger partial charge is 0.351 e. The number of halogens is 2. The maximum Gasteiger partial charge on any atom is 0.351 e. The average molecular weight is 581 g/mol. The van der Waals surface area contributed by atoms with Gasteiger partial charge in [0.15, 0.2) is 6.10 Å². The Morgan fingerprint density at radius 1 is 1.07 bits per heavy atom. The largest absolute Gasteiger partial charge is 0.462 e. The molecule has 0 radical (unpaired) electrons. The fourth-order valence-corrected chi connectivity index (χ4v) is 4.55. The van der Waals surface area contributed by atoms with Crippen molar-refractivity contribution in [2.45, 2.75) is 95.5 Å². The van der Waals surface area contributed by atoms with Gasteiger partial charge in [-0.05, 0) is 18.6 Å². The molecule has 0 spiro atoms. The summed E-state index contributed by atoms with van der Waals surface area (Å²) in [5.74, 6) is -5.65. The van der Waals surface area contributed by atoms with Crippen LogP contribution in [-0.4, -0.2) is 68.0 Å². The van der Waals surface area contributed by atoms with Gasteiger partial charge in [-0.15, -0.1) is 0 Å². The molecule has 1 aliphatic rings. The zero-order valence-electron chi connectivity index (χ0n) is 23.1. The lowest BCUT2D eigenvalue weighted by atomic mass is 10.1. The second-order valence-electron chi connectivity index (χ2n) is 10.0. The van der Waals surface area contributed by atoms with E-state index >= 15 is 0 Å². The third-order valence-electron chi connectivity index (χ3n) is 6.90. The van der Waals surface area contributed by atoms with E-state index < -0.39 is 48.5 Å². The Bertz CT molecular complexity index is 1210. The van der Waals surface area contributed by atoms with Gasteiger partial charge in [-0.1, -0.05) is 64.7 Å². The van der Waals surface area contributed by atoms with Crippen LogP contribution < -0.4 is 11.0 Å². The first-order valence-corrected chi connectivity index (χ1v) is 14.0. The zero-order chi connectivity index (χ0) is 29.8. The molecule has 0 aliphatic carbocycles.